The molecular formula is C25H27F3O. The molecule has 0 heterocycles. The maximum Gasteiger partial charge on any atom is 0.416 e. The van der Waals surface area contributed by atoms with Gasteiger partial charge in [0, 0.05) is 5.56 Å². The summed E-state index contributed by atoms with van der Waals surface area (Å²) in [4.78, 5) is 12.9. The first-order valence-electron chi connectivity index (χ1n) is 9.86. The Hall–Kier alpha value is -2.36. The predicted molar refractivity (Wildman–Crippen MR) is 111 cm³/mol. The molecule has 3 rings (SSSR count). The largest absolute Gasteiger partial charge is 0.416 e. The molecule has 0 saturated carbocycles. The van der Waals surface area contributed by atoms with Gasteiger partial charge in [0.15, 0.2) is 5.78 Å². The maximum atomic E-state index is 12.9. The van der Waals surface area contributed by atoms with Gasteiger partial charge in [-0.15, -0.1) is 0 Å². The molecule has 0 atom stereocenters. The number of fused-ring (bicyclic) bond motifs is 1. The van der Waals surface area contributed by atoms with Crippen LogP contribution in [0.25, 0.3) is 6.08 Å². The lowest BCUT2D eigenvalue weighted by Gasteiger charge is -2.42. The fourth-order valence-electron chi connectivity index (χ4n) is 4.03. The highest BCUT2D eigenvalue weighted by Crippen LogP contribution is 2.46. The summed E-state index contributed by atoms with van der Waals surface area (Å²) in [5.41, 5.74) is 4.03. The van der Waals surface area contributed by atoms with E-state index in [2.05, 4.69) is 33.8 Å². The summed E-state index contributed by atoms with van der Waals surface area (Å²) in [7, 11) is 0. The molecule has 1 nitrogen and oxygen atoms in total. The monoisotopic (exact) mass is 400 g/mol. The van der Waals surface area contributed by atoms with Crippen molar-refractivity contribution in [3.05, 3.63) is 75.9 Å². The second-order valence-electron chi connectivity index (χ2n) is 9.30. The average Bonchev–Trinajstić information content (AvgIpc) is 2.63. The van der Waals surface area contributed by atoms with Crippen LogP contribution in [0, 0.1) is 6.92 Å². The number of halogens is 3. The van der Waals surface area contributed by atoms with Gasteiger partial charge in [0.2, 0.25) is 0 Å². The summed E-state index contributed by atoms with van der Waals surface area (Å²) in [5.74, 6) is -0.135. The van der Waals surface area contributed by atoms with Gasteiger partial charge in [-0.25, -0.2) is 0 Å². The van der Waals surface area contributed by atoms with E-state index in [0.717, 1.165) is 30.5 Å². The van der Waals surface area contributed by atoms with Crippen LogP contribution >= 0.6 is 0 Å². The van der Waals surface area contributed by atoms with E-state index in [4.69, 9.17) is 0 Å². The molecule has 0 amide bonds. The molecule has 2 aromatic rings. The van der Waals surface area contributed by atoms with Crippen molar-refractivity contribution in [1.29, 1.82) is 0 Å². The molecule has 0 aromatic heterocycles. The third-order valence-corrected chi connectivity index (χ3v) is 6.13. The lowest BCUT2D eigenvalue weighted by Crippen LogP contribution is -2.34. The van der Waals surface area contributed by atoms with Crippen molar-refractivity contribution in [3.8, 4) is 0 Å². The van der Waals surface area contributed by atoms with E-state index in [9.17, 15) is 18.0 Å². The van der Waals surface area contributed by atoms with Crippen LogP contribution in [0.5, 0.6) is 0 Å². The maximum absolute atomic E-state index is 12.9. The number of hydrogen-bond acceptors (Lipinski definition) is 1. The average molecular weight is 400 g/mol. The first-order valence-corrected chi connectivity index (χ1v) is 9.86. The minimum absolute atomic E-state index is 0.00469. The summed E-state index contributed by atoms with van der Waals surface area (Å²) in [6, 6.07) is 8.95. The smallest absolute Gasteiger partial charge is 0.289 e. The SMILES string of the molecule is Cc1cc2c(cc1C(=O)/C=C/c1ccc(C(F)(F)F)cc1)C(C)(C)CCC2(C)C. The lowest BCUT2D eigenvalue weighted by atomic mass is 9.62. The molecule has 2 aromatic carbocycles. The Morgan fingerprint density at radius 1 is 0.931 bits per heavy atom. The van der Waals surface area contributed by atoms with Crippen LogP contribution in [-0.4, -0.2) is 5.78 Å². The van der Waals surface area contributed by atoms with Crippen LogP contribution in [0.15, 0.2) is 42.5 Å². The Morgan fingerprint density at radius 2 is 1.45 bits per heavy atom. The lowest BCUT2D eigenvalue weighted by molar-refractivity contribution is -0.137. The fraction of sp³-hybridized carbons (Fsp3) is 0.400. The van der Waals surface area contributed by atoms with Crippen LogP contribution in [0.2, 0.25) is 0 Å². The number of aryl methyl sites for hydroxylation is 1. The number of hydrogen-bond donors (Lipinski definition) is 0. The molecule has 0 spiro atoms. The van der Waals surface area contributed by atoms with E-state index in [0.29, 0.717) is 11.1 Å². The first-order chi connectivity index (χ1) is 13.3. The zero-order valence-corrected chi connectivity index (χ0v) is 17.6. The van der Waals surface area contributed by atoms with Crippen LogP contribution in [-0.2, 0) is 17.0 Å². The molecule has 0 bridgehead atoms. The van der Waals surface area contributed by atoms with Crippen LogP contribution in [0.4, 0.5) is 13.2 Å². The van der Waals surface area contributed by atoms with Crippen molar-refractivity contribution in [3.63, 3.8) is 0 Å². The Morgan fingerprint density at radius 3 is 1.97 bits per heavy atom. The number of ketones is 1. The number of benzene rings is 2. The van der Waals surface area contributed by atoms with Gasteiger partial charge >= 0.3 is 6.18 Å². The van der Waals surface area contributed by atoms with Crippen molar-refractivity contribution in [1.82, 2.24) is 0 Å². The van der Waals surface area contributed by atoms with E-state index in [1.165, 1.54) is 29.3 Å². The van der Waals surface area contributed by atoms with E-state index in [1.54, 1.807) is 6.08 Å². The summed E-state index contributed by atoms with van der Waals surface area (Å²) < 4.78 is 38.0. The first kappa shape index (κ1) is 21.4. The van der Waals surface area contributed by atoms with Crippen molar-refractivity contribution < 1.29 is 18.0 Å². The molecule has 0 unspecified atom stereocenters. The standard InChI is InChI=1S/C25H27F3O/c1-16-14-20-21(24(4,5)13-12-23(20,2)3)15-19(16)22(29)11-8-17-6-9-18(10-7-17)25(26,27)28/h6-11,14-15H,12-13H2,1-5H3/b11-8+. The van der Waals surface area contributed by atoms with E-state index >= 15 is 0 Å². The molecule has 154 valence electrons. The van der Waals surface area contributed by atoms with Crippen molar-refractivity contribution >= 4 is 11.9 Å². The number of alkyl halides is 3. The van der Waals surface area contributed by atoms with Crippen LogP contribution in [0.1, 0.15) is 78.7 Å². The molecule has 0 saturated heterocycles. The summed E-state index contributed by atoms with van der Waals surface area (Å²) in [6.45, 7) is 10.8. The van der Waals surface area contributed by atoms with Crippen molar-refractivity contribution in [2.75, 3.05) is 0 Å². The Labute approximate surface area is 170 Å². The van der Waals surface area contributed by atoms with Crippen LogP contribution in [0.3, 0.4) is 0 Å². The number of carbonyl (C=O) groups is 1. The third-order valence-electron chi connectivity index (χ3n) is 6.13. The minimum atomic E-state index is -4.36. The number of carbonyl (C=O) groups excluding carboxylic acids is 1. The molecule has 0 aliphatic heterocycles. The molecule has 0 N–H and O–H groups in total. The molecule has 0 radical (unpaired) electrons. The van der Waals surface area contributed by atoms with Gasteiger partial charge < -0.3 is 0 Å². The number of allylic oxidation sites excluding steroid dienone is 1. The van der Waals surface area contributed by atoms with Gasteiger partial charge in [-0.2, -0.15) is 13.2 Å². The van der Waals surface area contributed by atoms with E-state index in [1.807, 2.05) is 13.0 Å². The number of rotatable bonds is 3. The minimum Gasteiger partial charge on any atom is -0.289 e. The molecule has 1 aliphatic rings. The summed E-state index contributed by atoms with van der Waals surface area (Å²) in [5, 5.41) is 0. The quantitative estimate of drug-likeness (QED) is 0.391. The normalized spacial score (nSPS) is 17.9. The highest BCUT2D eigenvalue weighted by Gasteiger charge is 2.37. The van der Waals surface area contributed by atoms with E-state index in [-0.39, 0.29) is 16.6 Å². The van der Waals surface area contributed by atoms with Gasteiger partial charge in [-0.05, 0) is 77.1 Å². The zero-order valence-electron chi connectivity index (χ0n) is 17.6. The molecule has 0 fully saturated rings. The molecule has 4 heteroatoms. The summed E-state index contributed by atoms with van der Waals surface area (Å²) >= 11 is 0. The fourth-order valence-corrected chi connectivity index (χ4v) is 4.03. The highest BCUT2D eigenvalue weighted by atomic mass is 19.4. The topological polar surface area (TPSA) is 17.1 Å². The second kappa shape index (κ2) is 7.16. The molecule has 29 heavy (non-hydrogen) atoms. The molecular weight excluding hydrogens is 373 g/mol. The Bertz CT molecular complexity index is 961. The third kappa shape index (κ3) is 4.31. The van der Waals surface area contributed by atoms with Gasteiger partial charge in [-0.1, -0.05) is 52.0 Å². The van der Waals surface area contributed by atoms with E-state index < -0.39 is 11.7 Å². The second-order valence-corrected chi connectivity index (χ2v) is 9.30. The zero-order chi connectivity index (χ0) is 21.6. The van der Waals surface area contributed by atoms with Gasteiger partial charge in [-0.3, -0.25) is 4.79 Å². The van der Waals surface area contributed by atoms with Gasteiger partial charge in [0.1, 0.15) is 0 Å². The summed E-state index contributed by atoms with van der Waals surface area (Å²) in [6.07, 6.45) is 0.812. The highest BCUT2D eigenvalue weighted by molar-refractivity contribution is 6.08. The van der Waals surface area contributed by atoms with Crippen molar-refractivity contribution in [2.45, 2.75) is 64.5 Å². The van der Waals surface area contributed by atoms with Gasteiger partial charge in [0.25, 0.3) is 0 Å². The Balaban J connectivity index is 1.91. The van der Waals surface area contributed by atoms with Crippen LogP contribution < -0.4 is 0 Å². The Kier molecular flexibility index (Phi) is 5.27. The van der Waals surface area contributed by atoms with Crippen molar-refractivity contribution in [2.24, 2.45) is 0 Å². The van der Waals surface area contributed by atoms with Gasteiger partial charge in [0.05, 0.1) is 5.56 Å². The predicted octanol–water partition coefficient (Wildman–Crippen LogP) is 7.26. The molecule has 1 aliphatic carbocycles.